The fraction of sp³-hybridized carbons (Fsp3) is 0.462. The van der Waals surface area contributed by atoms with E-state index >= 15 is 0 Å². The molecule has 0 amide bonds. The van der Waals surface area contributed by atoms with Crippen molar-refractivity contribution in [3.05, 3.63) is 28.3 Å². The lowest BCUT2D eigenvalue weighted by Crippen LogP contribution is -2.38. The minimum Gasteiger partial charge on any atom is -0.331 e. The van der Waals surface area contributed by atoms with Crippen molar-refractivity contribution in [3.63, 3.8) is 0 Å². The molecule has 21 heavy (non-hydrogen) atoms. The van der Waals surface area contributed by atoms with Crippen LogP contribution in [0.4, 0.5) is 5.69 Å². The average Bonchev–Trinajstić information content (AvgIpc) is 2.91. The van der Waals surface area contributed by atoms with Crippen molar-refractivity contribution in [1.82, 2.24) is 15.3 Å². The first kappa shape index (κ1) is 14.2. The Hall–Kier alpha value is -1.80. The number of nitro groups is 1. The topological polar surface area (TPSA) is 101 Å². The average molecular weight is 308 g/mol. The highest BCUT2D eigenvalue weighted by Crippen LogP contribution is 2.20. The third-order valence-corrected chi connectivity index (χ3v) is 4.96. The number of nitro benzene ring substituents is 1. The molecule has 3 rings (SSSR count). The van der Waals surface area contributed by atoms with Crippen molar-refractivity contribution in [2.24, 2.45) is 0 Å². The Labute approximate surface area is 123 Å². The van der Waals surface area contributed by atoms with Gasteiger partial charge in [0.15, 0.2) is 5.16 Å². The van der Waals surface area contributed by atoms with Crippen LogP contribution in [-0.2, 0) is 10.8 Å². The summed E-state index contributed by atoms with van der Waals surface area (Å²) in [4.78, 5) is 17.5. The maximum absolute atomic E-state index is 12.3. The Morgan fingerprint density at radius 3 is 3.00 bits per heavy atom. The molecular formula is C13H16N4O3S. The van der Waals surface area contributed by atoms with Crippen LogP contribution in [0.1, 0.15) is 19.3 Å². The zero-order valence-electron chi connectivity index (χ0n) is 11.4. The van der Waals surface area contributed by atoms with E-state index < -0.39 is 15.7 Å². The second-order valence-corrected chi connectivity index (χ2v) is 6.57. The minimum atomic E-state index is -1.23. The molecule has 2 atom stereocenters. The molecule has 1 aliphatic rings. The maximum Gasteiger partial charge on any atom is 0.271 e. The fourth-order valence-corrected chi connectivity index (χ4v) is 3.76. The van der Waals surface area contributed by atoms with Gasteiger partial charge in [-0.15, -0.1) is 0 Å². The third-order valence-electron chi connectivity index (χ3n) is 3.64. The molecule has 0 aliphatic carbocycles. The molecule has 0 saturated carbocycles. The summed E-state index contributed by atoms with van der Waals surface area (Å²) in [5.74, 6) is 0.516. The number of aromatic nitrogens is 2. The standard InChI is InChI=1S/C13H16N4O3S/c18-17(19)10-4-5-11-12(7-10)16-13(15-11)21(20)8-9-3-1-2-6-14-9/h4-5,7,9,14H,1-3,6,8H2,(H,15,16)/t9-,21+/m1/s1. The van der Waals surface area contributed by atoms with E-state index in [0.717, 1.165) is 25.8 Å². The number of hydrogen-bond acceptors (Lipinski definition) is 5. The molecule has 0 spiro atoms. The first-order valence-electron chi connectivity index (χ1n) is 6.89. The number of non-ortho nitro benzene ring substituents is 1. The van der Waals surface area contributed by atoms with Gasteiger partial charge in [-0.05, 0) is 25.5 Å². The van der Waals surface area contributed by atoms with Crippen LogP contribution in [0.3, 0.4) is 0 Å². The van der Waals surface area contributed by atoms with Gasteiger partial charge in [-0.25, -0.2) is 4.98 Å². The molecule has 1 aliphatic heterocycles. The van der Waals surface area contributed by atoms with Gasteiger partial charge in [0, 0.05) is 23.9 Å². The quantitative estimate of drug-likeness (QED) is 0.661. The number of aromatic amines is 1. The Kier molecular flexibility index (Phi) is 3.98. The molecule has 1 aromatic carbocycles. The normalized spacial score (nSPS) is 20.5. The molecule has 0 radical (unpaired) electrons. The lowest BCUT2D eigenvalue weighted by molar-refractivity contribution is -0.384. The van der Waals surface area contributed by atoms with Gasteiger partial charge >= 0.3 is 0 Å². The smallest absolute Gasteiger partial charge is 0.271 e. The van der Waals surface area contributed by atoms with Gasteiger partial charge in [-0.3, -0.25) is 14.3 Å². The number of H-pyrrole nitrogens is 1. The number of nitrogens with zero attached hydrogens (tertiary/aromatic N) is 2. The van der Waals surface area contributed by atoms with Crippen LogP contribution in [-0.4, -0.2) is 37.4 Å². The van der Waals surface area contributed by atoms with E-state index in [4.69, 9.17) is 0 Å². The Balaban J connectivity index is 1.79. The van der Waals surface area contributed by atoms with E-state index in [9.17, 15) is 14.3 Å². The van der Waals surface area contributed by atoms with Gasteiger partial charge in [-0.1, -0.05) is 6.42 Å². The summed E-state index contributed by atoms with van der Waals surface area (Å²) in [6.45, 7) is 0.966. The highest BCUT2D eigenvalue weighted by atomic mass is 32.2. The molecule has 112 valence electrons. The van der Waals surface area contributed by atoms with Crippen molar-refractivity contribution >= 4 is 27.5 Å². The fourth-order valence-electron chi connectivity index (χ4n) is 2.52. The zero-order valence-corrected chi connectivity index (χ0v) is 12.2. The van der Waals surface area contributed by atoms with Gasteiger partial charge in [-0.2, -0.15) is 0 Å². The lowest BCUT2D eigenvalue weighted by Gasteiger charge is -2.22. The second-order valence-electron chi connectivity index (χ2n) is 5.16. The van der Waals surface area contributed by atoms with Crippen LogP contribution in [0.2, 0.25) is 0 Å². The van der Waals surface area contributed by atoms with Gasteiger partial charge in [0.05, 0.1) is 26.8 Å². The van der Waals surface area contributed by atoms with Gasteiger partial charge in [0.1, 0.15) is 0 Å². The van der Waals surface area contributed by atoms with Crippen LogP contribution < -0.4 is 5.32 Å². The van der Waals surface area contributed by atoms with Gasteiger partial charge in [0.25, 0.3) is 5.69 Å². The van der Waals surface area contributed by atoms with E-state index in [1.165, 1.54) is 12.1 Å². The van der Waals surface area contributed by atoms with Crippen molar-refractivity contribution in [2.45, 2.75) is 30.5 Å². The van der Waals surface area contributed by atoms with Crippen molar-refractivity contribution in [1.29, 1.82) is 0 Å². The predicted molar refractivity (Wildman–Crippen MR) is 79.7 cm³/mol. The van der Waals surface area contributed by atoms with E-state index in [0.29, 0.717) is 21.9 Å². The monoisotopic (exact) mass is 308 g/mol. The van der Waals surface area contributed by atoms with E-state index in [2.05, 4.69) is 15.3 Å². The summed E-state index contributed by atoms with van der Waals surface area (Å²) >= 11 is 0. The first-order chi connectivity index (χ1) is 10.1. The van der Waals surface area contributed by atoms with E-state index in [1.807, 2.05) is 0 Å². The lowest BCUT2D eigenvalue weighted by atomic mass is 10.1. The van der Waals surface area contributed by atoms with Crippen molar-refractivity contribution in [3.8, 4) is 0 Å². The highest BCUT2D eigenvalue weighted by Gasteiger charge is 2.19. The Morgan fingerprint density at radius 1 is 1.43 bits per heavy atom. The number of piperidine rings is 1. The van der Waals surface area contributed by atoms with Gasteiger partial charge < -0.3 is 10.3 Å². The van der Waals surface area contributed by atoms with Crippen LogP contribution in [0.25, 0.3) is 11.0 Å². The zero-order chi connectivity index (χ0) is 14.8. The summed E-state index contributed by atoms with van der Waals surface area (Å²) in [5.41, 5.74) is 1.14. The molecule has 1 saturated heterocycles. The van der Waals surface area contributed by atoms with Gasteiger partial charge in [0.2, 0.25) is 0 Å². The summed E-state index contributed by atoms with van der Waals surface area (Å²) in [5, 5.41) is 14.5. The largest absolute Gasteiger partial charge is 0.331 e. The third kappa shape index (κ3) is 3.11. The number of nitrogens with one attached hydrogen (secondary N) is 2. The SMILES string of the molecule is O=[N+]([O-])c1ccc2nc([S@@](=O)C[C@H]3CCCCN3)[nH]c2c1. The maximum atomic E-state index is 12.3. The molecule has 7 nitrogen and oxygen atoms in total. The van der Waals surface area contributed by atoms with Crippen molar-refractivity contribution in [2.75, 3.05) is 12.3 Å². The predicted octanol–water partition coefficient (Wildman–Crippen LogP) is 1.72. The van der Waals surface area contributed by atoms with Crippen LogP contribution >= 0.6 is 0 Å². The number of rotatable bonds is 4. The van der Waals surface area contributed by atoms with E-state index in [1.54, 1.807) is 6.07 Å². The summed E-state index contributed by atoms with van der Waals surface area (Å²) in [6.07, 6.45) is 3.34. The molecular weight excluding hydrogens is 292 g/mol. The number of fused-ring (bicyclic) bond motifs is 1. The summed E-state index contributed by atoms with van der Waals surface area (Å²) in [7, 11) is -1.23. The second kappa shape index (κ2) is 5.90. The number of imidazole rings is 1. The van der Waals surface area contributed by atoms with Crippen LogP contribution in [0.5, 0.6) is 0 Å². The molecule has 0 unspecified atom stereocenters. The first-order valence-corrected chi connectivity index (χ1v) is 8.21. The van der Waals surface area contributed by atoms with Crippen molar-refractivity contribution < 1.29 is 9.13 Å². The number of hydrogen-bond donors (Lipinski definition) is 2. The molecule has 0 bridgehead atoms. The Morgan fingerprint density at radius 2 is 2.29 bits per heavy atom. The molecule has 8 heteroatoms. The molecule has 2 aromatic rings. The van der Waals surface area contributed by atoms with E-state index in [-0.39, 0.29) is 11.7 Å². The number of benzene rings is 1. The van der Waals surface area contributed by atoms with Crippen LogP contribution in [0.15, 0.2) is 23.4 Å². The summed E-state index contributed by atoms with van der Waals surface area (Å²) < 4.78 is 12.3. The summed E-state index contributed by atoms with van der Waals surface area (Å²) in [6, 6.07) is 4.64. The molecule has 1 aromatic heterocycles. The molecule has 2 N–H and O–H groups in total. The Bertz CT molecular complexity index is 694. The molecule has 2 heterocycles. The highest BCUT2D eigenvalue weighted by molar-refractivity contribution is 7.84. The molecule has 1 fully saturated rings. The minimum absolute atomic E-state index is 0.00238. The van der Waals surface area contributed by atoms with Crippen LogP contribution in [0, 0.1) is 10.1 Å².